The van der Waals surface area contributed by atoms with Gasteiger partial charge in [0.05, 0.1) is 13.2 Å². The summed E-state index contributed by atoms with van der Waals surface area (Å²) in [5.74, 6) is -0.728. The van der Waals surface area contributed by atoms with Crippen LogP contribution in [0.2, 0.25) is 0 Å². The van der Waals surface area contributed by atoms with Crippen LogP contribution in [0.4, 0.5) is 0 Å². The Hall–Kier alpha value is -1.23. The lowest BCUT2D eigenvalue weighted by molar-refractivity contribution is -0.168. The maximum atomic E-state index is 11.1. The first-order valence-corrected chi connectivity index (χ1v) is 4.52. The van der Waals surface area contributed by atoms with Gasteiger partial charge in [-0.1, -0.05) is 6.92 Å². The first kappa shape index (κ1) is 13.8. The molecule has 0 aliphatic carbocycles. The fourth-order valence-electron chi connectivity index (χ4n) is 1.19. The Kier molecular flexibility index (Phi) is 6.53. The molecule has 0 fully saturated rings. The number of ether oxygens (including phenoxy) is 3. The molecule has 0 bridgehead atoms. The lowest BCUT2D eigenvalue weighted by atomic mass is 10.0. The highest BCUT2D eigenvalue weighted by Gasteiger charge is 2.33. The van der Waals surface area contributed by atoms with Crippen molar-refractivity contribution in [2.24, 2.45) is 0 Å². The minimum absolute atomic E-state index is 0.225. The Morgan fingerprint density at radius 3 is 2.27 bits per heavy atom. The van der Waals surface area contributed by atoms with Crippen molar-refractivity contribution in [3.8, 4) is 0 Å². The number of esters is 1. The maximum absolute atomic E-state index is 11.1. The molecule has 0 aromatic carbocycles. The quantitative estimate of drug-likeness (QED) is 0.265. The van der Waals surface area contributed by atoms with Crippen LogP contribution in [0.25, 0.3) is 5.53 Å². The van der Waals surface area contributed by atoms with Crippen LogP contribution in [-0.2, 0) is 19.0 Å². The van der Waals surface area contributed by atoms with E-state index in [4.69, 9.17) is 19.7 Å². The van der Waals surface area contributed by atoms with Crippen molar-refractivity contribution in [3.05, 3.63) is 5.53 Å². The van der Waals surface area contributed by atoms with Gasteiger partial charge in [-0.15, -0.1) is 0 Å². The molecule has 0 aliphatic rings. The van der Waals surface area contributed by atoms with Gasteiger partial charge in [-0.2, -0.15) is 4.79 Å². The molecule has 6 heteroatoms. The lowest BCUT2D eigenvalue weighted by Crippen LogP contribution is -2.43. The van der Waals surface area contributed by atoms with Crippen molar-refractivity contribution in [3.63, 3.8) is 0 Å². The van der Waals surface area contributed by atoms with Crippen LogP contribution in [0.1, 0.15) is 13.3 Å². The Balaban J connectivity index is 4.58. The highest BCUT2D eigenvalue weighted by Crippen LogP contribution is 2.17. The summed E-state index contributed by atoms with van der Waals surface area (Å²) >= 11 is 0. The van der Waals surface area contributed by atoms with Crippen molar-refractivity contribution in [2.45, 2.75) is 18.9 Å². The number of hydrogen-bond acceptors (Lipinski definition) is 4. The Morgan fingerprint density at radius 1 is 1.40 bits per heavy atom. The largest absolute Gasteiger partial charge is 0.446 e. The van der Waals surface area contributed by atoms with Crippen molar-refractivity contribution in [1.29, 1.82) is 0 Å². The molecule has 0 radical (unpaired) electrons. The molecule has 0 atom stereocenters. The normalized spacial score (nSPS) is 10.6. The van der Waals surface area contributed by atoms with E-state index in [-0.39, 0.29) is 13.2 Å². The Bertz CT molecular complexity index is 242. The zero-order valence-corrected chi connectivity index (χ0v) is 9.23. The molecule has 86 valence electrons. The lowest BCUT2D eigenvalue weighted by Gasteiger charge is -2.29. The molecule has 0 spiro atoms. The smallest absolute Gasteiger partial charge is 0.414 e. The molecule has 6 nitrogen and oxygen atoms in total. The van der Waals surface area contributed by atoms with Crippen molar-refractivity contribution in [2.75, 3.05) is 27.4 Å². The molecular formula is C9H16N2O4. The summed E-state index contributed by atoms with van der Waals surface area (Å²) in [5, 5.41) is 0. The maximum Gasteiger partial charge on any atom is 0.414 e. The molecule has 15 heavy (non-hydrogen) atoms. The van der Waals surface area contributed by atoms with Crippen LogP contribution in [0.15, 0.2) is 0 Å². The Labute approximate surface area is 88.7 Å². The molecule has 0 unspecified atom stereocenters. The van der Waals surface area contributed by atoms with E-state index in [1.165, 1.54) is 14.2 Å². The third kappa shape index (κ3) is 4.69. The summed E-state index contributed by atoms with van der Waals surface area (Å²) in [5.41, 5.74) is 7.34. The molecule has 0 aliphatic heterocycles. The molecular weight excluding hydrogens is 200 g/mol. The number of nitrogens with zero attached hydrogens (tertiary/aromatic N) is 2. The highest BCUT2D eigenvalue weighted by atomic mass is 16.6. The topological polar surface area (TPSA) is 81.2 Å². The van der Waals surface area contributed by atoms with Crippen LogP contribution in [-0.4, -0.2) is 50.0 Å². The minimum atomic E-state index is -0.832. The average Bonchev–Trinajstić information content (AvgIpc) is 2.18. The van der Waals surface area contributed by atoms with Gasteiger partial charge < -0.3 is 19.7 Å². The summed E-state index contributed by atoms with van der Waals surface area (Å²) < 4.78 is 15.0. The second-order valence-corrected chi connectivity index (χ2v) is 3.07. The summed E-state index contributed by atoms with van der Waals surface area (Å²) in [6.45, 7) is 2.30. The molecule has 0 aromatic rings. The average molecular weight is 216 g/mol. The first-order valence-electron chi connectivity index (χ1n) is 4.52. The molecule has 0 aromatic heterocycles. The number of hydrogen-bond donors (Lipinski definition) is 0. The van der Waals surface area contributed by atoms with Gasteiger partial charge in [0.25, 0.3) is 0 Å². The van der Waals surface area contributed by atoms with Gasteiger partial charge in [-0.25, -0.2) is 4.79 Å². The predicted octanol–water partition coefficient (Wildman–Crippen LogP) is 0.272. The van der Waals surface area contributed by atoms with Gasteiger partial charge in [0, 0.05) is 14.2 Å². The van der Waals surface area contributed by atoms with Gasteiger partial charge in [-0.3, -0.25) is 0 Å². The summed E-state index contributed by atoms with van der Waals surface area (Å²) in [6.07, 6.45) is 1.23. The van der Waals surface area contributed by atoms with Crippen LogP contribution in [0, 0.1) is 0 Å². The van der Waals surface area contributed by atoms with Crippen LogP contribution in [0.5, 0.6) is 0 Å². The molecule has 0 saturated heterocycles. The zero-order valence-electron chi connectivity index (χ0n) is 9.23. The number of rotatable bonds is 7. The highest BCUT2D eigenvalue weighted by molar-refractivity contribution is 6.20. The van der Waals surface area contributed by atoms with Gasteiger partial charge in [0.15, 0.2) is 5.60 Å². The van der Waals surface area contributed by atoms with Gasteiger partial charge in [0.2, 0.25) is 0 Å². The summed E-state index contributed by atoms with van der Waals surface area (Å²) in [6, 6.07) is 0. The van der Waals surface area contributed by atoms with E-state index >= 15 is 0 Å². The van der Waals surface area contributed by atoms with E-state index in [0.717, 1.165) is 0 Å². The zero-order chi connectivity index (χ0) is 11.7. The van der Waals surface area contributed by atoms with Crippen LogP contribution >= 0.6 is 0 Å². The van der Waals surface area contributed by atoms with E-state index < -0.39 is 11.6 Å². The van der Waals surface area contributed by atoms with E-state index in [1.54, 1.807) is 0 Å². The third-order valence-corrected chi connectivity index (χ3v) is 1.94. The van der Waals surface area contributed by atoms with Gasteiger partial charge in [-0.05, 0) is 6.42 Å². The van der Waals surface area contributed by atoms with Crippen LogP contribution in [0.3, 0.4) is 0 Å². The standard InChI is InChI=1S/C9H16N2O4/c1-4-9(6-13-2,7-14-3)15-8(12)5-11-10/h5H,4,6-7H2,1-3H3. The second-order valence-electron chi connectivity index (χ2n) is 3.07. The van der Waals surface area contributed by atoms with E-state index in [0.29, 0.717) is 12.6 Å². The molecule has 0 rings (SSSR count). The van der Waals surface area contributed by atoms with Crippen LogP contribution < -0.4 is 0 Å². The van der Waals surface area contributed by atoms with E-state index in [1.807, 2.05) is 6.92 Å². The van der Waals surface area contributed by atoms with E-state index in [2.05, 4.69) is 4.79 Å². The predicted molar refractivity (Wildman–Crippen MR) is 52.5 cm³/mol. The fraction of sp³-hybridized carbons (Fsp3) is 0.778. The van der Waals surface area contributed by atoms with E-state index in [9.17, 15) is 4.79 Å². The summed E-state index contributed by atoms with van der Waals surface area (Å²) in [4.78, 5) is 13.7. The first-order chi connectivity index (χ1) is 7.14. The molecule has 0 amide bonds. The van der Waals surface area contributed by atoms with Gasteiger partial charge >= 0.3 is 12.2 Å². The molecule has 0 N–H and O–H groups in total. The van der Waals surface area contributed by atoms with Crippen molar-refractivity contribution >= 4 is 12.2 Å². The Morgan fingerprint density at radius 2 is 1.93 bits per heavy atom. The third-order valence-electron chi connectivity index (χ3n) is 1.94. The monoisotopic (exact) mass is 216 g/mol. The molecule has 0 heterocycles. The number of carbonyl (C=O) groups is 1. The fourth-order valence-corrected chi connectivity index (χ4v) is 1.19. The number of carbonyl (C=O) groups excluding carboxylic acids is 1. The van der Waals surface area contributed by atoms with Gasteiger partial charge in [0.1, 0.15) is 0 Å². The molecule has 0 saturated carbocycles. The number of methoxy groups -OCH3 is 2. The minimum Gasteiger partial charge on any atom is -0.446 e. The second kappa shape index (κ2) is 7.11. The van der Waals surface area contributed by atoms with Crippen molar-refractivity contribution < 1.29 is 23.8 Å². The summed E-state index contributed by atoms with van der Waals surface area (Å²) in [7, 11) is 3.02. The SMILES string of the molecule is CCC(COC)(COC)OC(=O)C=[N+]=[N-]. The van der Waals surface area contributed by atoms with Crippen molar-refractivity contribution in [1.82, 2.24) is 0 Å².